The van der Waals surface area contributed by atoms with Crippen LogP contribution in [0.3, 0.4) is 0 Å². The van der Waals surface area contributed by atoms with E-state index in [0.717, 1.165) is 152 Å². The topological polar surface area (TPSA) is 49.9 Å². The van der Waals surface area contributed by atoms with Crippen molar-refractivity contribution in [2.24, 2.45) is 0 Å². The van der Waals surface area contributed by atoms with E-state index in [0.29, 0.717) is 16.5 Å². The number of rotatable bonds is 8. The molecule has 6 aliphatic heterocycles. The third-order valence-corrected chi connectivity index (χ3v) is 18.8. The molecular weight excluding hydrogens is 1120 g/mol. The van der Waals surface area contributed by atoms with E-state index in [1.54, 1.807) is 0 Å². The molecule has 6 aliphatic rings. The first kappa shape index (κ1) is 50.9. The molecule has 13 aromatic carbocycles. The fourth-order valence-electron chi connectivity index (χ4n) is 15.0. The summed E-state index contributed by atoms with van der Waals surface area (Å²) in [5, 5.41) is 0.519. The number of para-hydroxylation sites is 8. The lowest BCUT2D eigenvalue weighted by Gasteiger charge is -2.43. The summed E-state index contributed by atoms with van der Waals surface area (Å²) in [7, 11) is 0. The Morgan fingerprint density at radius 1 is 0.244 bits per heavy atom. The minimum absolute atomic E-state index is 0.220. The minimum Gasteiger partial charge on any atom is -0.458 e. The van der Waals surface area contributed by atoms with Crippen LogP contribution in [-0.2, 0) is 0 Å². The van der Waals surface area contributed by atoms with Crippen LogP contribution in [0.25, 0.3) is 0 Å². The second-order valence-electron chi connectivity index (χ2n) is 23.6. The Kier molecular flexibility index (Phi) is 11.2. The largest absolute Gasteiger partial charge is 0.458 e. The molecule has 0 unspecified atom stereocenters. The van der Waals surface area contributed by atoms with Crippen molar-refractivity contribution < 1.29 is 18.9 Å². The Bertz CT molecular complexity index is 4700. The molecule has 90 heavy (non-hydrogen) atoms. The van der Waals surface area contributed by atoms with Crippen LogP contribution in [0.15, 0.2) is 291 Å². The zero-order chi connectivity index (χ0) is 59.1. The summed E-state index contributed by atoms with van der Waals surface area (Å²) in [5.41, 5.74) is 21.7. The molecule has 0 radical (unpaired) electrons. The lowest BCUT2D eigenvalue weighted by atomic mass is 9.30. The van der Waals surface area contributed by atoms with Crippen molar-refractivity contribution in [1.29, 1.82) is 0 Å². The van der Waals surface area contributed by atoms with E-state index in [-0.39, 0.29) is 20.1 Å². The van der Waals surface area contributed by atoms with E-state index in [1.165, 1.54) is 0 Å². The Balaban J connectivity index is 0.843. The van der Waals surface area contributed by atoms with Gasteiger partial charge in [0.25, 0.3) is 20.1 Å². The first-order valence-electron chi connectivity index (χ1n) is 30.5. The van der Waals surface area contributed by atoms with Gasteiger partial charge in [0.15, 0.2) is 0 Å². The van der Waals surface area contributed by atoms with Crippen molar-refractivity contribution in [1.82, 2.24) is 0 Å². The maximum absolute atomic E-state index is 7.30. The van der Waals surface area contributed by atoms with Crippen molar-refractivity contribution >= 4 is 149 Å². The summed E-state index contributed by atoms with van der Waals surface area (Å²) in [4.78, 5) is 9.42. The molecule has 0 saturated heterocycles. The zero-order valence-corrected chi connectivity index (χ0v) is 49.0. The van der Waals surface area contributed by atoms with Crippen LogP contribution in [0.4, 0.5) is 68.2 Å². The SMILES string of the molecule is Clc1cc2c3c(c1)Oc1cc4c(cc1B3c1cc3c(cc1O2)N(c1ccccc1)c1cc(N(c2ccccc2)c2ccccc2)cc2c1B3c1ccccc1O2)B1c2ccccc2Oc2cc(N(c3ccccc3)c3ccccc3)cc(c21)N4c1ccccc1. The van der Waals surface area contributed by atoms with E-state index in [9.17, 15) is 0 Å². The summed E-state index contributed by atoms with van der Waals surface area (Å²) in [6.07, 6.45) is 0. The molecule has 8 nitrogen and oxygen atoms in total. The van der Waals surface area contributed by atoms with Gasteiger partial charge in [0, 0.05) is 91.6 Å². The van der Waals surface area contributed by atoms with E-state index >= 15 is 0 Å². The van der Waals surface area contributed by atoms with E-state index in [2.05, 4.69) is 299 Å². The average molecular weight is 1170 g/mol. The molecule has 0 atom stereocenters. The van der Waals surface area contributed by atoms with Crippen molar-refractivity contribution in [3.8, 4) is 46.0 Å². The standard InChI is InChI=1S/C78H48B3ClN4O4/c82-49-39-72-78-73(40-49)90-71-48-65-61(80-59-36-20-22-38-69(59)88-75-44-57(42-67(77(75)80)86(65)55-33-17-6-18-34-55)84(52-27-11-3-12-28-52)53-29-13-4-14-30-53)46-63(71)81(78)62-45-60-64(47-70(62)89-72)85(54-31-15-5-16-32-54)66-41-56(43-74-76(66)79(60)58-35-19-21-37-68(58)87-74)83(50-23-7-1-8-24-50)51-25-9-2-10-26-51/h1-48H. The van der Waals surface area contributed by atoms with Gasteiger partial charge < -0.3 is 38.5 Å². The monoisotopic (exact) mass is 1170 g/mol. The third-order valence-electron chi connectivity index (χ3n) is 18.6. The van der Waals surface area contributed by atoms with Crippen LogP contribution in [-0.4, -0.2) is 20.1 Å². The lowest BCUT2D eigenvalue weighted by Crippen LogP contribution is -2.64. The number of benzene rings is 13. The molecule has 19 rings (SSSR count). The normalized spacial score (nSPS) is 13.4. The maximum Gasteiger partial charge on any atom is 0.260 e. The van der Waals surface area contributed by atoms with Gasteiger partial charge in [-0.25, -0.2) is 0 Å². The van der Waals surface area contributed by atoms with Crippen molar-refractivity contribution in [2.45, 2.75) is 0 Å². The van der Waals surface area contributed by atoms with Crippen molar-refractivity contribution in [3.05, 3.63) is 296 Å². The van der Waals surface area contributed by atoms with E-state index < -0.39 is 0 Å². The summed E-state index contributed by atoms with van der Waals surface area (Å²) in [6.45, 7) is -0.774. The Morgan fingerprint density at radius 2 is 0.567 bits per heavy atom. The fraction of sp³-hybridized carbons (Fsp3) is 0. The molecule has 0 amide bonds. The molecule has 0 aromatic heterocycles. The Morgan fingerprint density at radius 3 is 0.956 bits per heavy atom. The van der Waals surface area contributed by atoms with Gasteiger partial charge in [-0.05, 0) is 153 Å². The lowest BCUT2D eigenvalue weighted by molar-refractivity contribution is 0.465. The van der Waals surface area contributed by atoms with Crippen LogP contribution in [0.5, 0.6) is 46.0 Å². The number of halogens is 1. The number of anilines is 12. The molecule has 6 heterocycles. The van der Waals surface area contributed by atoms with Crippen LogP contribution in [0, 0.1) is 0 Å². The van der Waals surface area contributed by atoms with Gasteiger partial charge >= 0.3 is 0 Å². The first-order chi connectivity index (χ1) is 44.5. The van der Waals surface area contributed by atoms with Gasteiger partial charge in [-0.15, -0.1) is 0 Å². The predicted octanol–water partition coefficient (Wildman–Crippen LogP) is 14.8. The van der Waals surface area contributed by atoms with Crippen LogP contribution >= 0.6 is 11.6 Å². The highest BCUT2D eigenvalue weighted by atomic mass is 35.5. The highest BCUT2D eigenvalue weighted by Crippen LogP contribution is 2.50. The van der Waals surface area contributed by atoms with Crippen molar-refractivity contribution in [3.63, 3.8) is 0 Å². The minimum atomic E-state index is -0.335. The summed E-state index contributed by atoms with van der Waals surface area (Å²) in [5.74, 6) is 6.04. The van der Waals surface area contributed by atoms with Gasteiger partial charge in [-0.1, -0.05) is 169 Å². The van der Waals surface area contributed by atoms with E-state index in [1.807, 2.05) is 12.1 Å². The smallest absolute Gasteiger partial charge is 0.260 e. The van der Waals surface area contributed by atoms with Crippen LogP contribution in [0.1, 0.15) is 0 Å². The average Bonchev–Trinajstić information content (AvgIpc) is 0.708. The molecular formula is C78H48B3ClN4O4. The number of nitrogens with zero attached hydrogens (tertiary/aromatic N) is 4. The number of hydrogen-bond donors (Lipinski definition) is 0. The summed E-state index contributed by atoms with van der Waals surface area (Å²) in [6, 6.07) is 103. The quantitative estimate of drug-likeness (QED) is 0.140. The van der Waals surface area contributed by atoms with Gasteiger partial charge in [0.1, 0.15) is 46.0 Å². The van der Waals surface area contributed by atoms with Gasteiger partial charge in [-0.2, -0.15) is 0 Å². The maximum atomic E-state index is 7.30. The third kappa shape index (κ3) is 7.72. The van der Waals surface area contributed by atoms with Crippen LogP contribution < -0.4 is 87.7 Å². The second-order valence-corrected chi connectivity index (χ2v) is 24.0. The second kappa shape index (κ2) is 19.9. The highest BCUT2D eigenvalue weighted by Gasteiger charge is 2.49. The van der Waals surface area contributed by atoms with Crippen LogP contribution in [0.2, 0.25) is 5.02 Å². The summed E-state index contributed by atoms with van der Waals surface area (Å²) < 4.78 is 29.0. The van der Waals surface area contributed by atoms with Gasteiger partial charge in [0.05, 0.1) is 11.4 Å². The molecule has 420 valence electrons. The molecule has 0 fully saturated rings. The number of ether oxygens (including phenoxy) is 4. The van der Waals surface area contributed by atoms with Crippen molar-refractivity contribution in [2.75, 3.05) is 19.6 Å². The summed E-state index contributed by atoms with van der Waals surface area (Å²) >= 11 is 7.20. The molecule has 0 saturated carbocycles. The Hall–Kier alpha value is -11.3. The Labute approximate surface area is 526 Å². The molecule has 0 aliphatic carbocycles. The molecule has 0 spiro atoms. The number of fused-ring (bicyclic) bond motifs is 12. The molecule has 13 aromatic rings. The highest BCUT2D eigenvalue weighted by molar-refractivity contribution is 7.03. The predicted molar refractivity (Wildman–Crippen MR) is 370 cm³/mol. The molecule has 12 heteroatoms. The van der Waals surface area contributed by atoms with Gasteiger partial charge in [0.2, 0.25) is 0 Å². The molecule has 0 N–H and O–H groups in total. The molecule has 0 bridgehead atoms. The van der Waals surface area contributed by atoms with Gasteiger partial charge in [-0.3, -0.25) is 0 Å². The number of hydrogen-bond acceptors (Lipinski definition) is 8. The fourth-order valence-corrected chi connectivity index (χ4v) is 15.2. The first-order valence-corrected chi connectivity index (χ1v) is 30.9. The zero-order valence-electron chi connectivity index (χ0n) is 48.2. The van der Waals surface area contributed by atoms with E-state index in [4.69, 9.17) is 30.5 Å².